The van der Waals surface area contributed by atoms with E-state index >= 15 is 0 Å². The number of rotatable bonds is 8. The number of fused-ring (bicyclic) bond motifs is 1. The van der Waals surface area contributed by atoms with Crippen molar-refractivity contribution in [2.75, 3.05) is 37.4 Å². The zero-order valence-corrected chi connectivity index (χ0v) is 20.1. The highest BCUT2D eigenvalue weighted by Gasteiger charge is 2.24. The van der Waals surface area contributed by atoms with E-state index in [0.29, 0.717) is 17.9 Å². The van der Waals surface area contributed by atoms with Gasteiger partial charge in [0, 0.05) is 32.6 Å². The molecule has 0 spiro atoms. The monoisotopic (exact) mass is 489 g/mol. The summed E-state index contributed by atoms with van der Waals surface area (Å²) in [6, 6.07) is 10.5. The Morgan fingerprint density at radius 2 is 1.62 bits per heavy atom. The second-order valence-electron chi connectivity index (χ2n) is 8.98. The number of nitrogens with one attached hydrogen (secondary N) is 2. The minimum absolute atomic E-state index is 0.202. The summed E-state index contributed by atoms with van der Waals surface area (Å²) >= 11 is 0. The van der Waals surface area contributed by atoms with Crippen LogP contribution < -0.4 is 14.9 Å². The molecule has 10 heteroatoms. The molecule has 4 rings (SSSR count). The fraction of sp³-hybridized carbons (Fsp3) is 0.417. The number of aromatic nitrogens is 2. The molecule has 2 aromatic carbocycles. The van der Waals surface area contributed by atoms with E-state index in [-0.39, 0.29) is 17.4 Å². The van der Waals surface area contributed by atoms with Gasteiger partial charge < -0.3 is 10.2 Å². The van der Waals surface area contributed by atoms with Crippen LogP contribution in [0.4, 0.5) is 20.5 Å². The lowest BCUT2D eigenvalue weighted by atomic mass is 9.82. The van der Waals surface area contributed by atoms with Gasteiger partial charge in [-0.3, -0.25) is 0 Å². The lowest BCUT2D eigenvalue weighted by molar-refractivity contribution is 0.284. The van der Waals surface area contributed by atoms with E-state index in [1.54, 1.807) is 0 Å². The summed E-state index contributed by atoms with van der Waals surface area (Å²) in [5.41, 5.74) is 0.890. The van der Waals surface area contributed by atoms with Gasteiger partial charge >= 0.3 is 0 Å². The van der Waals surface area contributed by atoms with Crippen LogP contribution in [0.15, 0.2) is 47.4 Å². The molecule has 0 radical (unpaired) electrons. The number of anilines is 2. The van der Waals surface area contributed by atoms with Crippen molar-refractivity contribution < 1.29 is 17.2 Å². The predicted molar refractivity (Wildman–Crippen MR) is 129 cm³/mol. The van der Waals surface area contributed by atoms with E-state index < -0.39 is 21.7 Å². The van der Waals surface area contributed by atoms with Crippen LogP contribution in [0.5, 0.6) is 0 Å². The van der Waals surface area contributed by atoms with Gasteiger partial charge in [-0.25, -0.2) is 26.9 Å². The number of nitrogens with zero attached hydrogens (tertiary/aromatic N) is 3. The summed E-state index contributed by atoms with van der Waals surface area (Å²) in [5.74, 6) is -0.138. The van der Waals surface area contributed by atoms with E-state index in [2.05, 4.69) is 20.0 Å². The van der Waals surface area contributed by atoms with Crippen LogP contribution in [0.3, 0.4) is 0 Å². The highest BCUT2D eigenvalue weighted by molar-refractivity contribution is 7.89. The van der Waals surface area contributed by atoms with Crippen molar-refractivity contribution in [3.8, 4) is 0 Å². The Balaban J connectivity index is 1.29. The normalized spacial score (nSPS) is 18.7. The molecule has 3 aromatic rings. The maximum atomic E-state index is 13.4. The molecule has 0 atom stereocenters. The van der Waals surface area contributed by atoms with Crippen LogP contribution in [-0.2, 0) is 10.0 Å². The van der Waals surface area contributed by atoms with Crippen LogP contribution in [0.25, 0.3) is 10.9 Å². The zero-order chi connectivity index (χ0) is 24.3. The standard InChI is InChI=1S/C24H29F2N5O2S/c1-31(2)23-19-5-3-4-6-22(19)29-24(30-23)27-14-16-7-9-17(10-8-16)15-28-34(32,33)18-11-12-20(25)21(26)13-18/h3-6,11-13,16-17,28H,7-10,14-15H2,1-2H3,(H,27,29,30). The van der Waals surface area contributed by atoms with Crippen molar-refractivity contribution in [1.82, 2.24) is 14.7 Å². The molecule has 0 amide bonds. The van der Waals surface area contributed by atoms with Gasteiger partial charge in [0.05, 0.1) is 10.4 Å². The molecule has 7 nitrogen and oxygen atoms in total. The number of hydrogen-bond acceptors (Lipinski definition) is 6. The average Bonchev–Trinajstić information content (AvgIpc) is 2.83. The summed E-state index contributed by atoms with van der Waals surface area (Å²) in [6.45, 7) is 1.03. The van der Waals surface area contributed by atoms with E-state index in [1.165, 1.54) is 0 Å². The maximum absolute atomic E-state index is 13.4. The lowest BCUT2D eigenvalue weighted by Crippen LogP contribution is -2.32. The highest BCUT2D eigenvalue weighted by atomic mass is 32.2. The number of benzene rings is 2. The van der Waals surface area contributed by atoms with Gasteiger partial charge in [-0.1, -0.05) is 12.1 Å². The summed E-state index contributed by atoms with van der Waals surface area (Å²) in [4.78, 5) is 11.0. The molecule has 0 aliphatic heterocycles. The van der Waals surface area contributed by atoms with Gasteiger partial charge in [0.15, 0.2) is 11.6 Å². The Morgan fingerprint density at radius 3 is 2.29 bits per heavy atom. The van der Waals surface area contributed by atoms with Gasteiger partial charge in [-0.2, -0.15) is 4.98 Å². The van der Waals surface area contributed by atoms with Gasteiger partial charge in [0.2, 0.25) is 16.0 Å². The maximum Gasteiger partial charge on any atom is 0.240 e. The Kier molecular flexibility index (Phi) is 7.27. The molecule has 1 saturated carbocycles. The number of para-hydroxylation sites is 1. The third-order valence-corrected chi connectivity index (χ3v) is 7.71. The minimum Gasteiger partial charge on any atom is -0.362 e. The van der Waals surface area contributed by atoms with Crippen LogP contribution >= 0.6 is 0 Å². The Morgan fingerprint density at radius 1 is 0.941 bits per heavy atom. The van der Waals surface area contributed by atoms with E-state index in [1.807, 2.05) is 43.3 Å². The number of hydrogen-bond donors (Lipinski definition) is 2. The average molecular weight is 490 g/mol. The second kappa shape index (κ2) is 10.2. The first-order chi connectivity index (χ1) is 16.2. The fourth-order valence-electron chi connectivity index (χ4n) is 4.31. The Labute approximate surface area is 198 Å². The van der Waals surface area contributed by atoms with Crippen molar-refractivity contribution in [2.24, 2.45) is 11.8 Å². The Bertz CT molecular complexity index is 1260. The van der Waals surface area contributed by atoms with Gasteiger partial charge in [0.1, 0.15) is 5.82 Å². The highest BCUT2D eigenvalue weighted by Crippen LogP contribution is 2.29. The SMILES string of the molecule is CN(C)c1nc(NCC2CCC(CNS(=O)(=O)c3ccc(F)c(F)c3)CC2)nc2ccccc12. The summed E-state index contributed by atoms with van der Waals surface area (Å²) in [7, 11) is 0.0406. The number of halogens is 2. The summed E-state index contributed by atoms with van der Waals surface area (Å²) in [5, 5.41) is 4.38. The lowest BCUT2D eigenvalue weighted by Gasteiger charge is -2.28. The second-order valence-corrected chi connectivity index (χ2v) is 10.7. The quantitative estimate of drug-likeness (QED) is 0.494. The van der Waals surface area contributed by atoms with E-state index in [4.69, 9.17) is 0 Å². The molecule has 34 heavy (non-hydrogen) atoms. The van der Waals surface area contributed by atoms with Crippen LogP contribution in [0, 0.1) is 23.5 Å². The molecular formula is C24H29F2N5O2S. The third-order valence-electron chi connectivity index (χ3n) is 6.29. The topological polar surface area (TPSA) is 87.2 Å². The molecule has 1 aliphatic carbocycles. The van der Waals surface area contributed by atoms with E-state index in [9.17, 15) is 17.2 Å². The first kappa shape index (κ1) is 24.3. The summed E-state index contributed by atoms with van der Waals surface area (Å²) < 4.78 is 53.8. The van der Waals surface area contributed by atoms with Crippen molar-refractivity contribution in [3.05, 3.63) is 54.1 Å². The largest absolute Gasteiger partial charge is 0.362 e. The first-order valence-corrected chi connectivity index (χ1v) is 12.8. The molecule has 1 aliphatic rings. The fourth-order valence-corrected chi connectivity index (χ4v) is 5.44. The van der Waals surface area contributed by atoms with Crippen LogP contribution in [0.2, 0.25) is 0 Å². The van der Waals surface area contributed by atoms with Crippen molar-refractivity contribution >= 4 is 32.7 Å². The molecular weight excluding hydrogens is 460 g/mol. The smallest absolute Gasteiger partial charge is 0.240 e. The molecule has 0 unspecified atom stereocenters. The molecule has 0 saturated heterocycles. The van der Waals surface area contributed by atoms with Gasteiger partial charge in [-0.05, 0) is 67.9 Å². The number of sulfonamides is 1. The van der Waals surface area contributed by atoms with Crippen molar-refractivity contribution in [1.29, 1.82) is 0 Å². The molecule has 1 heterocycles. The molecule has 0 bridgehead atoms. The van der Waals surface area contributed by atoms with Gasteiger partial charge in [-0.15, -0.1) is 0 Å². The predicted octanol–water partition coefficient (Wildman–Crippen LogP) is 4.17. The minimum atomic E-state index is -3.88. The molecule has 1 aromatic heterocycles. The van der Waals surface area contributed by atoms with E-state index in [0.717, 1.165) is 61.1 Å². The van der Waals surface area contributed by atoms with Crippen LogP contribution in [0.1, 0.15) is 25.7 Å². The van der Waals surface area contributed by atoms with Crippen molar-refractivity contribution in [3.63, 3.8) is 0 Å². The molecule has 2 N–H and O–H groups in total. The molecule has 182 valence electrons. The van der Waals surface area contributed by atoms with Crippen molar-refractivity contribution in [2.45, 2.75) is 30.6 Å². The van der Waals surface area contributed by atoms with Crippen LogP contribution in [-0.4, -0.2) is 45.6 Å². The Hall–Kier alpha value is -2.85. The molecule has 1 fully saturated rings. The summed E-state index contributed by atoms with van der Waals surface area (Å²) in [6.07, 6.45) is 3.68. The first-order valence-electron chi connectivity index (χ1n) is 11.4. The van der Waals surface area contributed by atoms with Gasteiger partial charge in [0.25, 0.3) is 0 Å². The third kappa shape index (κ3) is 5.61. The zero-order valence-electron chi connectivity index (χ0n) is 19.3.